The molecule has 0 fully saturated rings. The Morgan fingerprint density at radius 3 is 2.45 bits per heavy atom. The number of sulfonamides is 1. The lowest BCUT2D eigenvalue weighted by Crippen LogP contribution is -2.29. The van der Waals surface area contributed by atoms with Crippen molar-refractivity contribution >= 4 is 15.7 Å². The van der Waals surface area contributed by atoms with E-state index in [1.165, 1.54) is 6.07 Å². The summed E-state index contributed by atoms with van der Waals surface area (Å²) in [6.07, 6.45) is 1.88. The molecule has 114 valence electrons. The molecule has 0 radical (unpaired) electrons. The van der Waals surface area contributed by atoms with Crippen molar-refractivity contribution in [2.24, 2.45) is 5.92 Å². The molecule has 5 nitrogen and oxygen atoms in total. The minimum Gasteiger partial charge on any atom is -0.492 e. The molecular formula is C14H24N2O3S. The molecule has 0 unspecified atom stereocenters. The van der Waals surface area contributed by atoms with Gasteiger partial charge in [-0.25, -0.2) is 13.1 Å². The zero-order valence-corrected chi connectivity index (χ0v) is 13.2. The van der Waals surface area contributed by atoms with Gasteiger partial charge in [0, 0.05) is 12.2 Å². The lowest BCUT2D eigenvalue weighted by molar-refractivity contribution is 0.331. The molecular weight excluding hydrogens is 276 g/mol. The number of ether oxygens (including phenoxy) is 1. The van der Waals surface area contributed by atoms with Gasteiger partial charge in [-0.1, -0.05) is 26.7 Å². The summed E-state index contributed by atoms with van der Waals surface area (Å²) in [6, 6.07) is 4.65. The van der Waals surface area contributed by atoms with Crippen molar-refractivity contribution in [1.29, 1.82) is 0 Å². The Morgan fingerprint density at radius 1 is 1.25 bits per heavy atom. The van der Waals surface area contributed by atoms with E-state index in [2.05, 4.69) is 18.6 Å². The van der Waals surface area contributed by atoms with Crippen molar-refractivity contribution in [3.05, 3.63) is 18.2 Å². The molecule has 6 heteroatoms. The first-order valence-corrected chi connectivity index (χ1v) is 8.44. The first kappa shape index (κ1) is 16.8. The zero-order valence-electron chi connectivity index (χ0n) is 12.3. The number of hydrogen-bond acceptors (Lipinski definition) is 4. The number of benzene rings is 1. The van der Waals surface area contributed by atoms with Gasteiger partial charge in [-0.2, -0.15) is 0 Å². The standard InChI is InChI=1S/C14H24N2O3S/c1-4-11(5-2)10-16-20(17,18)14-9-12(15)7-8-13(14)19-6-3/h7-9,11,16H,4-6,10,15H2,1-3H3. The van der Waals surface area contributed by atoms with E-state index in [4.69, 9.17) is 10.5 Å². The number of nitrogens with two attached hydrogens (primary N) is 1. The second-order valence-electron chi connectivity index (χ2n) is 4.67. The summed E-state index contributed by atoms with van der Waals surface area (Å²) in [5.74, 6) is 0.667. The Labute approximate surface area is 121 Å². The molecule has 0 aliphatic rings. The van der Waals surface area contributed by atoms with Crippen LogP contribution in [0.5, 0.6) is 5.75 Å². The summed E-state index contributed by atoms with van der Waals surface area (Å²) in [5.41, 5.74) is 6.08. The van der Waals surface area contributed by atoms with E-state index in [1.54, 1.807) is 12.1 Å². The fourth-order valence-electron chi connectivity index (χ4n) is 1.89. The van der Waals surface area contributed by atoms with Crippen LogP contribution in [-0.4, -0.2) is 21.6 Å². The molecule has 3 N–H and O–H groups in total. The van der Waals surface area contributed by atoms with Crippen molar-refractivity contribution in [3.8, 4) is 5.75 Å². The average Bonchev–Trinajstić information content (AvgIpc) is 2.42. The van der Waals surface area contributed by atoms with Crippen LogP contribution in [0.2, 0.25) is 0 Å². The molecule has 1 aromatic rings. The lowest BCUT2D eigenvalue weighted by Gasteiger charge is -2.16. The van der Waals surface area contributed by atoms with Crippen molar-refractivity contribution in [2.75, 3.05) is 18.9 Å². The maximum absolute atomic E-state index is 12.4. The number of anilines is 1. The second kappa shape index (κ2) is 7.50. The van der Waals surface area contributed by atoms with Crippen molar-refractivity contribution in [1.82, 2.24) is 4.72 Å². The number of rotatable bonds is 8. The van der Waals surface area contributed by atoms with Crippen molar-refractivity contribution in [2.45, 2.75) is 38.5 Å². The Balaban J connectivity index is 2.99. The highest BCUT2D eigenvalue weighted by Gasteiger charge is 2.20. The van der Waals surface area contributed by atoms with E-state index in [0.717, 1.165) is 12.8 Å². The summed E-state index contributed by atoms with van der Waals surface area (Å²) < 4.78 is 32.7. The number of nitrogens with one attached hydrogen (secondary N) is 1. The summed E-state index contributed by atoms with van der Waals surface area (Å²) >= 11 is 0. The summed E-state index contributed by atoms with van der Waals surface area (Å²) in [6.45, 7) is 6.74. The highest BCUT2D eigenvalue weighted by atomic mass is 32.2. The van der Waals surface area contributed by atoms with Gasteiger partial charge in [-0.05, 0) is 31.0 Å². The van der Waals surface area contributed by atoms with Gasteiger partial charge in [0.25, 0.3) is 0 Å². The third kappa shape index (κ3) is 4.38. The van der Waals surface area contributed by atoms with Crippen LogP contribution >= 0.6 is 0 Å². The summed E-state index contributed by atoms with van der Waals surface area (Å²) in [4.78, 5) is 0.102. The Hall–Kier alpha value is -1.27. The maximum atomic E-state index is 12.4. The largest absolute Gasteiger partial charge is 0.492 e. The molecule has 0 amide bonds. The quantitative estimate of drug-likeness (QED) is 0.722. The van der Waals surface area contributed by atoms with E-state index in [0.29, 0.717) is 30.5 Å². The van der Waals surface area contributed by atoms with Gasteiger partial charge in [-0.15, -0.1) is 0 Å². The Bertz CT molecular complexity index is 525. The highest BCUT2D eigenvalue weighted by molar-refractivity contribution is 7.89. The second-order valence-corrected chi connectivity index (χ2v) is 6.41. The average molecular weight is 300 g/mol. The smallest absolute Gasteiger partial charge is 0.244 e. The van der Waals surface area contributed by atoms with Crippen LogP contribution < -0.4 is 15.2 Å². The number of nitrogen functional groups attached to an aromatic ring is 1. The van der Waals surface area contributed by atoms with Crippen LogP contribution in [0.25, 0.3) is 0 Å². The number of hydrogen-bond donors (Lipinski definition) is 2. The summed E-state index contributed by atoms with van der Waals surface area (Å²) in [5, 5.41) is 0. The molecule has 0 atom stereocenters. The molecule has 0 bridgehead atoms. The first-order valence-electron chi connectivity index (χ1n) is 6.96. The Kier molecular flexibility index (Phi) is 6.29. The van der Waals surface area contributed by atoms with Gasteiger partial charge in [-0.3, -0.25) is 0 Å². The van der Waals surface area contributed by atoms with Crippen LogP contribution in [-0.2, 0) is 10.0 Å². The minimum atomic E-state index is -3.61. The van der Waals surface area contributed by atoms with Crippen molar-refractivity contribution in [3.63, 3.8) is 0 Å². The molecule has 20 heavy (non-hydrogen) atoms. The molecule has 0 saturated carbocycles. The monoisotopic (exact) mass is 300 g/mol. The van der Waals surface area contributed by atoms with E-state index in [-0.39, 0.29) is 4.90 Å². The topological polar surface area (TPSA) is 81.4 Å². The third-order valence-corrected chi connectivity index (χ3v) is 4.72. The SMILES string of the molecule is CCOc1ccc(N)cc1S(=O)(=O)NCC(CC)CC. The lowest BCUT2D eigenvalue weighted by atomic mass is 10.0. The molecule has 0 saturated heterocycles. The molecule has 0 aliphatic carbocycles. The zero-order chi connectivity index (χ0) is 15.2. The van der Waals surface area contributed by atoms with Gasteiger partial charge in [0.2, 0.25) is 10.0 Å². The van der Waals surface area contributed by atoms with Crippen LogP contribution in [0.15, 0.2) is 23.1 Å². The molecule has 0 aromatic heterocycles. The third-order valence-electron chi connectivity index (χ3n) is 3.27. The van der Waals surface area contributed by atoms with Gasteiger partial charge in [0.15, 0.2) is 0 Å². The molecule has 0 spiro atoms. The predicted octanol–water partition coefficient (Wildman–Crippen LogP) is 2.38. The minimum absolute atomic E-state index is 0.102. The van der Waals surface area contributed by atoms with Crippen molar-refractivity contribution < 1.29 is 13.2 Å². The van der Waals surface area contributed by atoms with Crippen LogP contribution in [0, 0.1) is 5.92 Å². The predicted molar refractivity (Wildman–Crippen MR) is 81.3 cm³/mol. The summed E-state index contributed by atoms with van der Waals surface area (Å²) in [7, 11) is -3.61. The van der Waals surface area contributed by atoms with Gasteiger partial charge >= 0.3 is 0 Å². The van der Waals surface area contributed by atoms with E-state index in [1.807, 2.05) is 6.92 Å². The maximum Gasteiger partial charge on any atom is 0.244 e. The van der Waals surface area contributed by atoms with Crippen LogP contribution in [0.3, 0.4) is 0 Å². The molecule has 0 aliphatic heterocycles. The fourth-order valence-corrected chi connectivity index (χ4v) is 3.19. The van der Waals surface area contributed by atoms with Gasteiger partial charge in [0.05, 0.1) is 6.61 Å². The molecule has 0 heterocycles. The van der Waals surface area contributed by atoms with E-state index < -0.39 is 10.0 Å². The van der Waals surface area contributed by atoms with Gasteiger partial charge in [0.1, 0.15) is 10.6 Å². The van der Waals surface area contributed by atoms with E-state index in [9.17, 15) is 8.42 Å². The highest BCUT2D eigenvalue weighted by Crippen LogP contribution is 2.26. The van der Waals surface area contributed by atoms with Crippen LogP contribution in [0.4, 0.5) is 5.69 Å². The Morgan fingerprint density at radius 2 is 1.90 bits per heavy atom. The van der Waals surface area contributed by atoms with Crippen LogP contribution in [0.1, 0.15) is 33.6 Å². The van der Waals surface area contributed by atoms with E-state index >= 15 is 0 Å². The molecule has 1 aromatic carbocycles. The van der Waals surface area contributed by atoms with Gasteiger partial charge < -0.3 is 10.5 Å². The molecule has 1 rings (SSSR count). The fraction of sp³-hybridized carbons (Fsp3) is 0.571. The first-order chi connectivity index (χ1) is 9.44. The normalized spacial score (nSPS) is 11.8.